The SMILES string of the molecule is C#CCOc1cc(OC)ccc1N1C(=O)c2ccc(C(=O)OCC(O)CC)cc2C1=O. The molecule has 1 heterocycles. The zero-order valence-corrected chi connectivity index (χ0v) is 17.1. The molecule has 1 aliphatic heterocycles. The van der Waals surface area contributed by atoms with Crippen molar-refractivity contribution in [1.29, 1.82) is 0 Å². The number of methoxy groups -OCH3 is 1. The third kappa shape index (κ3) is 4.37. The van der Waals surface area contributed by atoms with E-state index < -0.39 is 23.9 Å². The number of imide groups is 1. The van der Waals surface area contributed by atoms with Gasteiger partial charge < -0.3 is 19.3 Å². The first-order valence-electron chi connectivity index (χ1n) is 9.53. The molecule has 0 aromatic heterocycles. The molecule has 1 atom stereocenters. The van der Waals surface area contributed by atoms with Crippen LogP contribution >= 0.6 is 0 Å². The lowest BCUT2D eigenvalue weighted by molar-refractivity contribution is 0.0250. The van der Waals surface area contributed by atoms with Gasteiger partial charge in [0.15, 0.2) is 0 Å². The van der Waals surface area contributed by atoms with Gasteiger partial charge in [-0.2, -0.15) is 0 Å². The summed E-state index contributed by atoms with van der Waals surface area (Å²) in [5, 5.41) is 9.56. The predicted octanol–water partition coefficient (Wildman–Crippen LogP) is 2.44. The highest BCUT2D eigenvalue weighted by atomic mass is 16.5. The van der Waals surface area contributed by atoms with E-state index in [1.54, 1.807) is 13.0 Å². The van der Waals surface area contributed by atoms with Gasteiger partial charge in [-0.15, -0.1) is 6.42 Å². The van der Waals surface area contributed by atoms with Crippen molar-refractivity contribution in [1.82, 2.24) is 0 Å². The van der Waals surface area contributed by atoms with E-state index in [1.165, 1.54) is 37.4 Å². The van der Waals surface area contributed by atoms with Crippen molar-refractivity contribution in [3.63, 3.8) is 0 Å². The molecule has 2 aromatic carbocycles. The number of rotatable bonds is 8. The molecule has 0 bridgehead atoms. The smallest absolute Gasteiger partial charge is 0.338 e. The Morgan fingerprint density at radius 2 is 1.90 bits per heavy atom. The Balaban J connectivity index is 1.92. The lowest BCUT2D eigenvalue weighted by Gasteiger charge is -2.18. The fourth-order valence-electron chi connectivity index (χ4n) is 3.00. The summed E-state index contributed by atoms with van der Waals surface area (Å²) in [5.41, 5.74) is 0.518. The number of ether oxygens (including phenoxy) is 3. The van der Waals surface area contributed by atoms with Crippen molar-refractivity contribution in [2.24, 2.45) is 0 Å². The number of hydrogen-bond acceptors (Lipinski definition) is 7. The Kier molecular flexibility index (Phi) is 6.58. The van der Waals surface area contributed by atoms with Crippen LogP contribution in [0.1, 0.15) is 44.4 Å². The number of carbonyl (C=O) groups excluding carboxylic acids is 3. The standard InChI is InChI=1S/C23H21NO7/c1-4-10-30-20-12-16(29-3)7-9-19(20)24-21(26)17-8-6-14(11-18(17)22(24)27)23(28)31-13-15(25)5-2/h1,6-9,11-12,15,25H,5,10,13H2,2-3H3. The van der Waals surface area contributed by atoms with Gasteiger partial charge in [-0.25, -0.2) is 9.69 Å². The van der Waals surface area contributed by atoms with E-state index in [4.69, 9.17) is 20.6 Å². The Labute approximate surface area is 179 Å². The Bertz CT molecular complexity index is 1070. The topological polar surface area (TPSA) is 102 Å². The Morgan fingerprint density at radius 1 is 1.16 bits per heavy atom. The molecular weight excluding hydrogens is 402 g/mol. The maximum absolute atomic E-state index is 13.1. The summed E-state index contributed by atoms with van der Waals surface area (Å²) in [4.78, 5) is 39.2. The molecule has 0 saturated carbocycles. The molecule has 160 valence electrons. The van der Waals surface area contributed by atoms with Crippen LogP contribution in [0, 0.1) is 12.3 Å². The predicted molar refractivity (Wildman–Crippen MR) is 111 cm³/mol. The molecule has 2 aromatic rings. The second kappa shape index (κ2) is 9.32. The second-order valence-corrected chi connectivity index (χ2v) is 6.69. The summed E-state index contributed by atoms with van der Waals surface area (Å²) in [6, 6.07) is 8.74. The van der Waals surface area contributed by atoms with Gasteiger partial charge in [0.05, 0.1) is 35.6 Å². The Hall–Kier alpha value is -3.83. The number of nitrogens with zero attached hydrogens (tertiary/aromatic N) is 1. The number of amides is 2. The Morgan fingerprint density at radius 3 is 2.58 bits per heavy atom. The van der Waals surface area contributed by atoms with Gasteiger partial charge in [0.1, 0.15) is 24.7 Å². The number of anilines is 1. The summed E-state index contributed by atoms with van der Waals surface area (Å²) in [7, 11) is 1.47. The average molecular weight is 423 g/mol. The number of aliphatic hydroxyl groups excluding tert-OH is 1. The lowest BCUT2D eigenvalue weighted by Crippen LogP contribution is -2.29. The molecule has 2 amide bonds. The summed E-state index contributed by atoms with van der Waals surface area (Å²) in [6.07, 6.45) is 4.92. The van der Waals surface area contributed by atoms with Crippen LogP contribution in [0.3, 0.4) is 0 Å². The summed E-state index contributed by atoms with van der Waals surface area (Å²) in [5.74, 6) is 1.14. The van der Waals surface area contributed by atoms with Crippen molar-refractivity contribution in [3.05, 3.63) is 53.1 Å². The first-order chi connectivity index (χ1) is 14.9. The van der Waals surface area contributed by atoms with Crippen LogP contribution in [0.2, 0.25) is 0 Å². The van der Waals surface area contributed by atoms with E-state index in [0.717, 1.165) is 4.90 Å². The van der Waals surface area contributed by atoms with Crippen LogP contribution in [-0.2, 0) is 4.74 Å². The summed E-state index contributed by atoms with van der Waals surface area (Å²) >= 11 is 0. The molecule has 0 spiro atoms. The maximum atomic E-state index is 13.1. The number of terminal acetylenes is 1. The minimum Gasteiger partial charge on any atom is -0.497 e. The molecule has 0 fully saturated rings. The third-order valence-corrected chi connectivity index (χ3v) is 4.72. The first kappa shape index (κ1) is 21.9. The van der Waals surface area contributed by atoms with E-state index in [2.05, 4.69) is 5.92 Å². The molecule has 8 nitrogen and oxygen atoms in total. The van der Waals surface area contributed by atoms with Crippen LogP contribution in [0.15, 0.2) is 36.4 Å². The molecule has 8 heteroatoms. The van der Waals surface area contributed by atoms with Crippen molar-refractivity contribution in [3.8, 4) is 23.8 Å². The monoisotopic (exact) mass is 423 g/mol. The second-order valence-electron chi connectivity index (χ2n) is 6.69. The highest BCUT2D eigenvalue weighted by molar-refractivity contribution is 6.35. The fraction of sp³-hybridized carbons (Fsp3) is 0.261. The van der Waals surface area contributed by atoms with Gasteiger partial charge in [-0.3, -0.25) is 9.59 Å². The van der Waals surface area contributed by atoms with Crippen molar-refractivity contribution >= 4 is 23.5 Å². The van der Waals surface area contributed by atoms with Crippen LogP contribution < -0.4 is 14.4 Å². The van der Waals surface area contributed by atoms with Crippen LogP contribution in [0.5, 0.6) is 11.5 Å². The van der Waals surface area contributed by atoms with Gasteiger partial charge in [-0.05, 0) is 36.8 Å². The lowest BCUT2D eigenvalue weighted by atomic mass is 10.1. The normalized spacial score (nSPS) is 13.4. The molecule has 0 radical (unpaired) electrons. The van der Waals surface area contributed by atoms with Gasteiger partial charge in [0.25, 0.3) is 11.8 Å². The molecule has 31 heavy (non-hydrogen) atoms. The summed E-state index contributed by atoms with van der Waals surface area (Å²) in [6.45, 7) is 1.53. The third-order valence-electron chi connectivity index (χ3n) is 4.72. The fourth-order valence-corrected chi connectivity index (χ4v) is 3.00. The highest BCUT2D eigenvalue weighted by Gasteiger charge is 2.38. The maximum Gasteiger partial charge on any atom is 0.338 e. The van der Waals surface area contributed by atoms with Crippen LogP contribution in [0.4, 0.5) is 5.69 Å². The van der Waals surface area contributed by atoms with Gasteiger partial charge in [-0.1, -0.05) is 12.8 Å². The van der Waals surface area contributed by atoms with E-state index >= 15 is 0 Å². The van der Waals surface area contributed by atoms with Crippen molar-refractivity contribution in [2.45, 2.75) is 19.4 Å². The minimum atomic E-state index is -0.770. The van der Waals surface area contributed by atoms with E-state index in [0.29, 0.717) is 12.2 Å². The highest BCUT2D eigenvalue weighted by Crippen LogP contribution is 2.37. The molecule has 1 aliphatic rings. The van der Waals surface area contributed by atoms with E-state index in [-0.39, 0.29) is 41.3 Å². The van der Waals surface area contributed by atoms with Gasteiger partial charge in [0, 0.05) is 6.07 Å². The van der Waals surface area contributed by atoms with Crippen molar-refractivity contribution in [2.75, 3.05) is 25.2 Å². The molecule has 0 aliphatic carbocycles. The van der Waals surface area contributed by atoms with Crippen LogP contribution in [-0.4, -0.2) is 49.3 Å². The molecule has 0 saturated heterocycles. The average Bonchev–Trinajstić information content (AvgIpc) is 3.04. The van der Waals surface area contributed by atoms with Gasteiger partial charge in [0.2, 0.25) is 0 Å². The largest absolute Gasteiger partial charge is 0.497 e. The van der Waals surface area contributed by atoms with Gasteiger partial charge >= 0.3 is 5.97 Å². The van der Waals surface area contributed by atoms with Crippen LogP contribution in [0.25, 0.3) is 0 Å². The first-order valence-corrected chi connectivity index (χ1v) is 9.53. The quantitative estimate of drug-likeness (QED) is 0.395. The number of aliphatic hydroxyl groups is 1. The summed E-state index contributed by atoms with van der Waals surface area (Å²) < 4.78 is 15.7. The number of fused-ring (bicyclic) bond motifs is 1. The number of hydrogen-bond donors (Lipinski definition) is 1. The zero-order valence-electron chi connectivity index (χ0n) is 17.1. The molecular formula is C23H21NO7. The zero-order chi connectivity index (χ0) is 22.5. The number of esters is 1. The minimum absolute atomic E-state index is 0.0641. The molecule has 1 unspecified atom stereocenters. The van der Waals surface area contributed by atoms with E-state index in [9.17, 15) is 19.5 Å². The number of benzene rings is 2. The van der Waals surface area contributed by atoms with Crippen molar-refractivity contribution < 1.29 is 33.7 Å². The van der Waals surface area contributed by atoms with E-state index in [1.807, 2.05) is 0 Å². The number of carbonyl (C=O) groups is 3. The molecule has 1 N–H and O–H groups in total. The molecule has 3 rings (SSSR count).